The quantitative estimate of drug-likeness (QED) is 0.832. The molecule has 4 nitrogen and oxygen atoms in total. The van der Waals surface area contributed by atoms with Crippen molar-refractivity contribution < 1.29 is 4.79 Å². The zero-order valence-electron chi connectivity index (χ0n) is 14.7. The molecule has 2 aromatic carbocycles. The van der Waals surface area contributed by atoms with Crippen LogP contribution in [0.25, 0.3) is 0 Å². The van der Waals surface area contributed by atoms with E-state index in [-0.39, 0.29) is 5.91 Å². The second-order valence-corrected chi connectivity index (χ2v) is 7.45. The molecular weight excluding hydrogens is 378 g/mol. The second-order valence-electron chi connectivity index (χ2n) is 6.60. The Morgan fingerprint density at radius 3 is 2.24 bits per heavy atom. The van der Waals surface area contributed by atoms with Gasteiger partial charge in [-0.05, 0) is 66.2 Å². The minimum atomic E-state index is -0.0944. The maximum atomic E-state index is 12.4. The molecular formula is C20H24BrN3O. The summed E-state index contributed by atoms with van der Waals surface area (Å²) in [4.78, 5) is 17.3. The van der Waals surface area contributed by atoms with Crippen molar-refractivity contribution in [1.82, 2.24) is 4.90 Å². The van der Waals surface area contributed by atoms with Gasteiger partial charge in [0.15, 0.2) is 0 Å². The number of carbonyl (C=O) groups excluding carboxylic acids is 1. The SMILES string of the molecule is CC(C)N1CCN(c2ccc(C(=O)Nc3ccccc3Br)cc2)CC1. The van der Waals surface area contributed by atoms with Crippen LogP contribution >= 0.6 is 15.9 Å². The number of hydrogen-bond donors (Lipinski definition) is 1. The average Bonchev–Trinajstić information content (AvgIpc) is 2.64. The lowest BCUT2D eigenvalue weighted by molar-refractivity contribution is 0.102. The highest BCUT2D eigenvalue weighted by atomic mass is 79.9. The van der Waals surface area contributed by atoms with E-state index in [4.69, 9.17) is 0 Å². The maximum Gasteiger partial charge on any atom is 0.255 e. The molecule has 1 fully saturated rings. The number of piperazine rings is 1. The normalized spacial score (nSPS) is 15.4. The van der Waals surface area contributed by atoms with Crippen LogP contribution in [0.2, 0.25) is 0 Å². The highest BCUT2D eigenvalue weighted by Crippen LogP contribution is 2.23. The van der Waals surface area contributed by atoms with Crippen molar-refractivity contribution in [2.75, 3.05) is 36.4 Å². The van der Waals surface area contributed by atoms with Crippen LogP contribution < -0.4 is 10.2 Å². The Morgan fingerprint density at radius 2 is 1.64 bits per heavy atom. The number of para-hydroxylation sites is 1. The molecule has 0 radical (unpaired) electrons. The summed E-state index contributed by atoms with van der Waals surface area (Å²) in [5.41, 5.74) is 2.63. The van der Waals surface area contributed by atoms with E-state index in [1.807, 2.05) is 48.5 Å². The van der Waals surface area contributed by atoms with E-state index in [0.29, 0.717) is 11.6 Å². The van der Waals surface area contributed by atoms with Crippen LogP contribution in [-0.2, 0) is 0 Å². The highest BCUT2D eigenvalue weighted by Gasteiger charge is 2.19. The minimum absolute atomic E-state index is 0.0944. The van der Waals surface area contributed by atoms with Crippen molar-refractivity contribution in [2.45, 2.75) is 19.9 Å². The molecule has 0 saturated carbocycles. The summed E-state index contributed by atoms with van der Waals surface area (Å²) in [7, 11) is 0. The fourth-order valence-corrected chi connectivity index (χ4v) is 3.46. The number of carbonyl (C=O) groups is 1. The summed E-state index contributed by atoms with van der Waals surface area (Å²) in [5, 5.41) is 2.94. The Morgan fingerprint density at radius 1 is 1.00 bits per heavy atom. The zero-order valence-corrected chi connectivity index (χ0v) is 16.3. The molecule has 1 aliphatic rings. The van der Waals surface area contributed by atoms with E-state index in [1.54, 1.807) is 0 Å². The number of benzene rings is 2. The smallest absolute Gasteiger partial charge is 0.255 e. The molecule has 1 aliphatic heterocycles. The Bertz CT molecular complexity index is 722. The van der Waals surface area contributed by atoms with E-state index in [1.165, 1.54) is 5.69 Å². The van der Waals surface area contributed by atoms with Crippen molar-refractivity contribution in [3.8, 4) is 0 Å². The number of halogens is 1. The van der Waals surface area contributed by atoms with Crippen molar-refractivity contribution in [1.29, 1.82) is 0 Å². The lowest BCUT2D eigenvalue weighted by Gasteiger charge is -2.38. The van der Waals surface area contributed by atoms with E-state index in [0.717, 1.165) is 36.3 Å². The van der Waals surface area contributed by atoms with Gasteiger partial charge >= 0.3 is 0 Å². The number of nitrogens with zero attached hydrogens (tertiary/aromatic N) is 2. The summed E-state index contributed by atoms with van der Waals surface area (Å²) in [6.45, 7) is 8.72. The molecule has 1 amide bonds. The molecule has 5 heteroatoms. The third-order valence-corrected chi connectivity index (χ3v) is 5.35. The number of hydrogen-bond acceptors (Lipinski definition) is 3. The van der Waals surface area contributed by atoms with E-state index in [2.05, 4.69) is 44.9 Å². The lowest BCUT2D eigenvalue weighted by Crippen LogP contribution is -2.48. The van der Waals surface area contributed by atoms with Gasteiger partial charge in [-0.3, -0.25) is 9.69 Å². The molecule has 0 aromatic heterocycles. The number of nitrogens with one attached hydrogen (secondary N) is 1. The highest BCUT2D eigenvalue weighted by molar-refractivity contribution is 9.10. The maximum absolute atomic E-state index is 12.4. The molecule has 1 saturated heterocycles. The molecule has 0 spiro atoms. The summed E-state index contributed by atoms with van der Waals surface area (Å²) in [5.74, 6) is -0.0944. The lowest BCUT2D eigenvalue weighted by atomic mass is 10.1. The summed E-state index contributed by atoms with van der Waals surface area (Å²) >= 11 is 3.45. The first kappa shape index (κ1) is 18.0. The summed E-state index contributed by atoms with van der Waals surface area (Å²) < 4.78 is 0.878. The van der Waals surface area contributed by atoms with Gasteiger partial charge in [0.05, 0.1) is 5.69 Å². The van der Waals surface area contributed by atoms with Gasteiger partial charge in [0.2, 0.25) is 0 Å². The molecule has 132 valence electrons. The first-order valence-electron chi connectivity index (χ1n) is 8.69. The fraction of sp³-hybridized carbons (Fsp3) is 0.350. The van der Waals surface area contributed by atoms with E-state index < -0.39 is 0 Å². The third-order valence-electron chi connectivity index (χ3n) is 4.66. The van der Waals surface area contributed by atoms with Crippen LogP contribution in [0.5, 0.6) is 0 Å². The second kappa shape index (κ2) is 8.02. The monoisotopic (exact) mass is 401 g/mol. The largest absolute Gasteiger partial charge is 0.369 e. The summed E-state index contributed by atoms with van der Waals surface area (Å²) in [6, 6.07) is 16.1. The number of amides is 1. The molecule has 3 rings (SSSR count). The van der Waals surface area contributed by atoms with Gasteiger partial charge in [0.25, 0.3) is 5.91 Å². The van der Waals surface area contributed by atoms with Crippen molar-refractivity contribution in [2.24, 2.45) is 0 Å². The Kier molecular flexibility index (Phi) is 5.76. The number of rotatable bonds is 4. The molecule has 0 bridgehead atoms. The fourth-order valence-electron chi connectivity index (χ4n) is 3.08. The molecule has 25 heavy (non-hydrogen) atoms. The van der Waals surface area contributed by atoms with Crippen LogP contribution in [0.15, 0.2) is 53.0 Å². The van der Waals surface area contributed by atoms with Gasteiger partial charge in [-0.2, -0.15) is 0 Å². The third kappa shape index (κ3) is 4.41. The van der Waals surface area contributed by atoms with Crippen LogP contribution in [0.4, 0.5) is 11.4 Å². The Labute approximate surface area is 158 Å². The van der Waals surface area contributed by atoms with Crippen molar-refractivity contribution in [3.63, 3.8) is 0 Å². The first-order valence-corrected chi connectivity index (χ1v) is 9.49. The predicted octanol–water partition coefficient (Wildman–Crippen LogP) is 4.23. The van der Waals surface area contributed by atoms with E-state index >= 15 is 0 Å². The van der Waals surface area contributed by atoms with E-state index in [9.17, 15) is 4.79 Å². The first-order chi connectivity index (χ1) is 12.0. The molecule has 2 aromatic rings. The molecule has 1 N–H and O–H groups in total. The van der Waals surface area contributed by atoms with Gasteiger partial charge in [0.1, 0.15) is 0 Å². The Hall–Kier alpha value is -1.85. The topological polar surface area (TPSA) is 35.6 Å². The minimum Gasteiger partial charge on any atom is -0.369 e. The van der Waals surface area contributed by atoms with Crippen LogP contribution in [0.3, 0.4) is 0 Å². The van der Waals surface area contributed by atoms with Crippen LogP contribution in [-0.4, -0.2) is 43.0 Å². The zero-order chi connectivity index (χ0) is 17.8. The van der Waals surface area contributed by atoms with Gasteiger partial charge in [0, 0.05) is 47.9 Å². The van der Waals surface area contributed by atoms with Gasteiger partial charge < -0.3 is 10.2 Å². The molecule has 0 aliphatic carbocycles. The predicted molar refractivity (Wildman–Crippen MR) is 107 cm³/mol. The van der Waals surface area contributed by atoms with Gasteiger partial charge in [-0.15, -0.1) is 0 Å². The average molecular weight is 402 g/mol. The Balaban J connectivity index is 1.62. The number of anilines is 2. The van der Waals surface area contributed by atoms with Crippen molar-refractivity contribution >= 4 is 33.2 Å². The van der Waals surface area contributed by atoms with Crippen LogP contribution in [0, 0.1) is 0 Å². The summed E-state index contributed by atoms with van der Waals surface area (Å²) in [6.07, 6.45) is 0. The van der Waals surface area contributed by atoms with Gasteiger partial charge in [-0.25, -0.2) is 0 Å². The molecule has 0 unspecified atom stereocenters. The van der Waals surface area contributed by atoms with Crippen molar-refractivity contribution in [3.05, 3.63) is 58.6 Å². The van der Waals surface area contributed by atoms with Gasteiger partial charge in [-0.1, -0.05) is 12.1 Å². The molecule has 1 heterocycles. The standard InChI is InChI=1S/C20H24BrN3O/c1-15(2)23-11-13-24(14-12-23)17-9-7-16(8-10-17)20(25)22-19-6-4-3-5-18(19)21/h3-10,15H,11-14H2,1-2H3,(H,22,25). The molecule has 0 atom stereocenters. The van der Waals surface area contributed by atoms with Crippen LogP contribution in [0.1, 0.15) is 24.2 Å².